The summed E-state index contributed by atoms with van der Waals surface area (Å²) >= 11 is 0. The molecule has 1 unspecified atom stereocenters. The van der Waals surface area contributed by atoms with Crippen molar-refractivity contribution in [2.24, 2.45) is 0 Å². The lowest BCUT2D eigenvalue weighted by Crippen LogP contribution is -2.36. The van der Waals surface area contributed by atoms with Crippen molar-refractivity contribution in [3.8, 4) is 0 Å². The molecule has 7 heteroatoms. The van der Waals surface area contributed by atoms with E-state index in [4.69, 9.17) is 4.98 Å². The molecular formula is C17H27N7. The minimum absolute atomic E-state index is 0.0378. The van der Waals surface area contributed by atoms with Gasteiger partial charge >= 0.3 is 0 Å². The molecule has 1 saturated carbocycles. The number of aromatic amines is 1. The summed E-state index contributed by atoms with van der Waals surface area (Å²) in [5.41, 5.74) is -0.0378. The molecule has 0 radical (unpaired) electrons. The number of hydrogen-bond acceptors (Lipinski definition) is 5. The molecule has 1 atom stereocenters. The molecule has 1 aliphatic heterocycles. The van der Waals surface area contributed by atoms with Crippen LogP contribution < -0.4 is 0 Å². The van der Waals surface area contributed by atoms with E-state index in [1.54, 1.807) is 6.33 Å². The van der Waals surface area contributed by atoms with Crippen LogP contribution in [0.3, 0.4) is 0 Å². The Bertz CT molecular complexity index is 692. The maximum absolute atomic E-state index is 4.76. The van der Waals surface area contributed by atoms with Crippen molar-refractivity contribution in [1.82, 2.24) is 34.8 Å². The summed E-state index contributed by atoms with van der Waals surface area (Å²) in [7, 11) is 0. The van der Waals surface area contributed by atoms with Crippen LogP contribution in [0.1, 0.15) is 75.8 Å². The van der Waals surface area contributed by atoms with Crippen molar-refractivity contribution in [2.75, 3.05) is 13.1 Å². The van der Waals surface area contributed by atoms with Gasteiger partial charge in [0.25, 0.3) is 0 Å². The molecule has 2 aliphatic rings. The van der Waals surface area contributed by atoms with Crippen molar-refractivity contribution in [3.05, 3.63) is 23.8 Å². The fourth-order valence-corrected chi connectivity index (χ4v) is 3.55. The Kier molecular flexibility index (Phi) is 3.90. The summed E-state index contributed by atoms with van der Waals surface area (Å²) in [6.07, 6.45) is 6.53. The lowest BCUT2D eigenvalue weighted by molar-refractivity contribution is 0.183. The number of piperidine rings is 1. The van der Waals surface area contributed by atoms with Crippen LogP contribution in [-0.4, -0.2) is 47.9 Å². The third-order valence-electron chi connectivity index (χ3n) is 4.97. The monoisotopic (exact) mass is 329 g/mol. The normalized spacial score (nSPS) is 22.9. The quantitative estimate of drug-likeness (QED) is 0.932. The van der Waals surface area contributed by atoms with Crippen molar-refractivity contribution in [2.45, 2.75) is 70.4 Å². The average Bonchev–Trinajstić information content (AvgIpc) is 3.08. The molecule has 24 heavy (non-hydrogen) atoms. The molecule has 7 nitrogen and oxygen atoms in total. The lowest BCUT2D eigenvalue weighted by atomic mass is 9.97. The van der Waals surface area contributed by atoms with Crippen LogP contribution in [0.4, 0.5) is 0 Å². The van der Waals surface area contributed by atoms with Crippen molar-refractivity contribution >= 4 is 0 Å². The number of rotatable bonds is 4. The highest BCUT2D eigenvalue weighted by molar-refractivity contribution is 5.08. The number of nitrogens with zero attached hydrogens (tertiary/aromatic N) is 6. The highest BCUT2D eigenvalue weighted by Gasteiger charge is 2.30. The fraction of sp³-hybridized carbons (Fsp3) is 0.765. The average molecular weight is 329 g/mol. The SMILES string of the molecule is CC(C)(C)n1ncnc1CN1CCCC(c2n[nH]c(C3CC3)n2)C1. The van der Waals surface area contributed by atoms with Gasteiger partial charge in [-0.15, -0.1) is 0 Å². The van der Waals surface area contributed by atoms with Crippen LogP contribution in [0.2, 0.25) is 0 Å². The van der Waals surface area contributed by atoms with E-state index in [0.717, 1.165) is 37.1 Å². The Balaban J connectivity index is 1.44. The number of aromatic nitrogens is 6. The second-order valence-corrected chi connectivity index (χ2v) is 8.19. The van der Waals surface area contributed by atoms with Gasteiger partial charge in [-0.05, 0) is 53.0 Å². The molecule has 130 valence electrons. The Labute approximate surface area is 142 Å². The van der Waals surface area contributed by atoms with Gasteiger partial charge in [-0.25, -0.2) is 14.6 Å². The van der Waals surface area contributed by atoms with E-state index in [-0.39, 0.29) is 5.54 Å². The zero-order valence-electron chi connectivity index (χ0n) is 14.9. The van der Waals surface area contributed by atoms with E-state index in [1.807, 2.05) is 4.68 Å². The molecule has 1 aliphatic carbocycles. The van der Waals surface area contributed by atoms with Gasteiger partial charge in [0.1, 0.15) is 18.0 Å². The molecule has 1 N–H and O–H groups in total. The van der Waals surface area contributed by atoms with E-state index in [9.17, 15) is 0 Å². The zero-order valence-corrected chi connectivity index (χ0v) is 14.9. The Morgan fingerprint density at radius 2 is 2.04 bits per heavy atom. The molecule has 2 aromatic rings. The molecule has 0 bridgehead atoms. The minimum atomic E-state index is -0.0378. The third-order valence-corrected chi connectivity index (χ3v) is 4.97. The van der Waals surface area contributed by atoms with Crippen LogP contribution >= 0.6 is 0 Å². The molecular weight excluding hydrogens is 302 g/mol. The van der Waals surface area contributed by atoms with Gasteiger partial charge in [-0.3, -0.25) is 10.00 Å². The third kappa shape index (κ3) is 3.22. The van der Waals surface area contributed by atoms with Gasteiger partial charge in [0, 0.05) is 18.4 Å². The Morgan fingerprint density at radius 1 is 1.21 bits per heavy atom. The minimum Gasteiger partial charge on any atom is -0.295 e. The molecule has 0 aromatic carbocycles. The number of H-pyrrole nitrogens is 1. The van der Waals surface area contributed by atoms with Crippen LogP contribution in [0.25, 0.3) is 0 Å². The molecule has 4 rings (SSSR count). The summed E-state index contributed by atoms with van der Waals surface area (Å²) in [6.45, 7) is 9.44. The van der Waals surface area contributed by atoms with E-state index in [2.05, 4.69) is 46.0 Å². The largest absolute Gasteiger partial charge is 0.295 e. The van der Waals surface area contributed by atoms with Gasteiger partial charge in [-0.2, -0.15) is 10.2 Å². The van der Waals surface area contributed by atoms with E-state index >= 15 is 0 Å². The fourth-order valence-electron chi connectivity index (χ4n) is 3.55. The number of hydrogen-bond donors (Lipinski definition) is 1. The highest BCUT2D eigenvalue weighted by atomic mass is 15.4. The number of likely N-dealkylation sites (tertiary alicyclic amines) is 1. The van der Waals surface area contributed by atoms with Crippen LogP contribution in [-0.2, 0) is 12.1 Å². The van der Waals surface area contributed by atoms with Gasteiger partial charge in [-0.1, -0.05) is 0 Å². The zero-order chi connectivity index (χ0) is 16.7. The predicted molar refractivity (Wildman–Crippen MR) is 90.6 cm³/mol. The molecule has 0 amide bonds. The standard InChI is InChI=1S/C17H27N7/c1-17(2,3)24-14(18-11-19-24)10-23-8-4-5-13(9-23)16-20-15(21-22-16)12-6-7-12/h11-13H,4-10H2,1-3H3,(H,20,21,22). The summed E-state index contributed by atoms with van der Waals surface area (Å²) in [5, 5.41) is 12.1. The smallest absolute Gasteiger partial charge is 0.155 e. The van der Waals surface area contributed by atoms with Gasteiger partial charge in [0.05, 0.1) is 12.1 Å². The highest BCUT2D eigenvalue weighted by Crippen LogP contribution is 2.38. The van der Waals surface area contributed by atoms with Crippen LogP contribution in [0.5, 0.6) is 0 Å². The summed E-state index contributed by atoms with van der Waals surface area (Å²) in [5.74, 6) is 4.19. The maximum Gasteiger partial charge on any atom is 0.155 e. The van der Waals surface area contributed by atoms with Gasteiger partial charge < -0.3 is 0 Å². The molecule has 2 aromatic heterocycles. The van der Waals surface area contributed by atoms with Crippen molar-refractivity contribution in [1.29, 1.82) is 0 Å². The second-order valence-electron chi connectivity index (χ2n) is 8.19. The molecule has 3 heterocycles. The summed E-state index contributed by atoms with van der Waals surface area (Å²) in [6, 6.07) is 0. The molecule has 1 saturated heterocycles. The predicted octanol–water partition coefficient (Wildman–Crippen LogP) is 2.41. The molecule has 2 fully saturated rings. The van der Waals surface area contributed by atoms with Crippen LogP contribution in [0, 0.1) is 0 Å². The van der Waals surface area contributed by atoms with Crippen molar-refractivity contribution in [3.63, 3.8) is 0 Å². The molecule has 0 spiro atoms. The van der Waals surface area contributed by atoms with E-state index in [1.165, 1.54) is 25.7 Å². The number of nitrogens with one attached hydrogen (secondary N) is 1. The summed E-state index contributed by atoms with van der Waals surface area (Å²) < 4.78 is 2.04. The Hall–Kier alpha value is -1.76. The first-order chi connectivity index (χ1) is 11.5. The first-order valence-corrected chi connectivity index (χ1v) is 9.04. The van der Waals surface area contributed by atoms with Gasteiger partial charge in [0.2, 0.25) is 0 Å². The first kappa shape index (κ1) is 15.7. The van der Waals surface area contributed by atoms with E-state index in [0.29, 0.717) is 11.8 Å². The topological polar surface area (TPSA) is 75.5 Å². The van der Waals surface area contributed by atoms with Crippen LogP contribution in [0.15, 0.2) is 6.33 Å². The lowest BCUT2D eigenvalue weighted by Gasteiger charge is -2.32. The van der Waals surface area contributed by atoms with Crippen molar-refractivity contribution < 1.29 is 0 Å². The summed E-state index contributed by atoms with van der Waals surface area (Å²) in [4.78, 5) is 11.7. The first-order valence-electron chi connectivity index (χ1n) is 9.04. The van der Waals surface area contributed by atoms with Gasteiger partial charge in [0.15, 0.2) is 5.82 Å². The second kappa shape index (κ2) is 5.95. The maximum atomic E-state index is 4.76. The van der Waals surface area contributed by atoms with E-state index < -0.39 is 0 Å². The Morgan fingerprint density at radius 3 is 2.79 bits per heavy atom.